The molecular formula is C23H24Cl2N3O2. The van der Waals surface area contributed by atoms with Gasteiger partial charge in [0.2, 0.25) is 5.91 Å². The van der Waals surface area contributed by atoms with Crippen molar-refractivity contribution in [3.8, 4) is 0 Å². The molecule has 2 aromatic rings. The maximum absolute atomic E-state index is 12.9. The number of hydrogen-bond acceptors (Lipinski definition) is 3. The number of nitrogens with two attached hydrogens (primary N) is 1. The molecule has 5 nitrogen and oxygen atoms in total. The second-order valence-electron chi connectivity index (χ2n) is 8.03. The number of fused-ring (bicyclic) bond motifs is 1. The van der Waals surface area contributed by atoms with Crippen molar-refractivity contribution in [2.45, 2.75) is 6.42 Å². The van der Waals surface area contributed by atoms with Gasteiger partial charge in [0.1, 0.15) is 0 Å². The summed E-state index contributed by atoms with van der Waals surface area (Å²) in [7, 11) is 0. The fourth-order valence-corrected chi connectivity index (χ4v) is 5.16. The van der Waals surface area contributed by atoms with Crippen LogP contribution in [0.25, 0.3) is 0 Å². The van der Waals surface area contributed by atoms with Gasteiger partial charge < -0.3 is 15.5 Å². The summed E-state index contributed by atoms with van der Waals surface area (Å²) in [5.41, 5.74) is 7.30. The second-order valence-corrected chi connectivity index (χ2v) is 8.85. The van der Waals surface area contributed by atoms with Crippen LogP contribution >= 0.6 is 23.2 Å². The second kappa shape index (κ2) is 8.96. The first kappa shape index (κ1) is 21.2. The molecule has 0 bridgehead atoms. The van der Waals surface area contributed by atoms with Crippen molar-refractivity contribution < 1.29 is 9.59 Å². The standard InChI is InChI=1S/C23H24Cl2N3O2/c24-19-8-3-9-20(25)21(19)23(30)28-13-16-11-27(12-17(16)14-28)10-4-6-15-5-1-2-7-18(15)22(26)29/h1-3,5-9,16-17H,4,10-14H2,(H2,26,29)/t16-,17?/m0/s1. The zero-order chi connectivity index (χ0) is 21.3. The van der Waals surface area contributed by atoms with Gasteiger partial charge in [-0.15, -0.1) is 0 Å². The molecule has 2 aliphatic rings. The van der Waals surface area contributed by atoms with E-state index in [0.717, 1.165) is 44.7 Å². The Labute approximate surface area is 186 Å². The van der Waals surface area contributed by atoms with E-state index in [1.165, 1.54) is 0 Å². The van der Waals surface area contributed by atoms with Crippen LogP contribution in [0.15, 0.2) is 42.5 Å². The molecule has 0 aliphatic carbocycles. The van der Waals surface area contributed by atoms with Crippen LogP contribution in [0, 0.1) is 18.3 Å². The van der Waals surface area contributed by atoms with Gasteiger partial charge in [0.25, 0.3) is 5.91 Å². The summed E-state index contributed by atoms with van der Waals surface area (Å²) >= 11 is 12.4. The number of benzene rings is 2. The number of rotatable bonds is 6. The highest BCUT2D eigenvalue weighted by atomic mass is 35.5. The predicted molar refractivity (Wildman–Crippen MR) is 119 cm³/mol. The highest BCUT2D eigenvalue weighted by Gasteiger charge is 2.42. The Morgan fingerprint density at radius 3 is 2.23 bits per heavy atom. The molecule has 0 aromatic heterocycles. The average molecular weight is 445 g/mol. The number of nitrogens with zero attached hydrogens (tertiary/aromatic N) is 2. The van der Waals surface area contributed by atoms with Crippen molar-refractivity contribution in [2.75, 3.05) is 32.7 Å². The van der Waals surface area contributed by atoms with Gasteiger partial charge in [-0.1, -0.05) is 47.5 Å². The topological polar surface area (TPSA) is 66.6 Å². The van der Waals surface area contributed by atoms with E-state index in [4.69, 9.17) is 28.9 Å². The first-order chi connectivity index (χ1) is 14.4. The van der Waals surface area contributed by atoms with Crippen LogP contribution in [-0.2, 0) is 0 Å². The van der Waals surface area contributed by atoms with Crippen LogP contribution in [0.1, 0.15) is 32.7 Å². The Morgan fingerprint density at radius 2 is 1.60 bits per heavy atom. The minimum atomic E-state index is -0.402. The third-order valence-corrected chi connectivity index (χ3v) is 6.69. The molecule has 2 N–H and O–H groups in total. The Hall–Kier alpha value is -2.08. The minimum Gasteiger partial charge on any atom is -0.366 e. The lowest BCUT2D eigenvalue weighted by molar-refractivity contribution is 0.0774. The molecule has 1 unspecified atom stereocenters. The summed E-state index contributed by atoms with van der Waals surface area (Å²) in [5.74, 6) is 0.449. The fourth-order valence-electron chi connectivity index (χ4n) is 4.60. The number of primary amides is 1. The zero-order valence-corrected chi connectivity index (χ0v) is 18.1. The lowest BCUT2D eigenvalue weighted by Gasteiger charge is -2.22. The number of carbonyl (C=O) groups excluding carboxylic acids is 2. The van der Waals surface area contributed by atoms with E-state index < -0.39 is 5.91 Å². The maximum Gasteiger partial charge on any atom is 0.256 e. The van der Waals surface area contributed by atoms with E-state index >= 15 is 0 Å². The van der Waals surface area contributed by atoms with Crippen molar-refractivity contribution in [1.29, 1.82) is 0 Å². The van der Waals surface area contributed by atoms with Gasteiger partial charge in [-0.25, -0.2) is 0 Å². The van der Waals surface area contributed by atoms with E-state index in [0.29, 0.717) is 33.0 Å². The third-order valence-electron chi connectivity index (χ3n) is 6.06. The molecular weight excluding hydrogens is 421 g/mol. The fraction of sp³-hybridized carbons (Fsp3) is 0.348. The Bertz CT molecular complexity index is 931. The number of hydrogen-bond donors (Lipinski definition) is 1. The lowest BCUT2D eigenvalue weighted by atomic mass is 10.0. The van der Waals surface area contributed by atoms with Crippen molar-refractivity contribution in [1.82, 2.24) is 9.80 Å². The van der Waals surface area contributed by atoms with Crippen LogP contribution < -0.4 is 5.73 Å². The summed E-state index contributed by atoms with van der Waals surface area (Å²) in [6.07, 6.45) is 2.92. The van der Waals surface area contributed by atoms with Crippen molar-refractivity contribution in [3.63, 3.8) is 0 Å². The van der Waals surface area contributed by atoms with Crippen molar-refractivity contribution in [2.24, 2.45) is 17.6 Å². The molecule has 1 radical (unpaired) electrons. The van der Waals surface area contributed by atoms with Gasteiger partial charge in [-0.05, 0) is 55.0 Å². The summed E-state index contributed by atoms with van der Waals surface area (Å²) in [6.45, 7) is 4.32. The molecule has 2 aromatic carbocycles. The number of carbonyl (C=O) groups is 2. The van der Waals surface area contributed by atoms with Gasteiger partial charge in [-0.3, -0.25) is 9.59 Å². The molecule has 2 amide bonds. The molecule has 2 atom stereocenters. The third kappa shape index (κ3) is 4.34. The lowest BCUT2D eigenvalue weighted by Crippen LogP contribution is -2.34. The molecule has 2 saturated heterocycles. The van der Waals surface area contributed by atoms with Crippen LogP contribution in [0.3, 0.4) is 0 Å². The van der Waals surface area contributed by atoms with Crippen molar-refractivity contribution >= 4 is 35.0 Å². The Morgan fingerprint density at radius 1 is 0.967 bits per heavy atom. The van der Waals surface area contributed by atoms with Gasteiger partial charge in [0.15, 0.2) is 0 Å². The molecule has 0 saturated carbocycles. The SMILES string of the molecule is NC(=O)c1ccccc1[CH]CCN1CC2CN(C(=O)c3c(Cl)cccc3Cl)C[C@@H]2C1. The predicted octanol–water partition coefficient (Wildman–Crippen LogP) is 3.74. The van der Waals surface area contributed by atoms with Crippen molar-refractivity contribution in [3.05, 3.63) is 75.6 Å². The number of halogens is 2. The summed E-state index contributed by atoms with van der Waals surface area (Å²) < 4.78 is 0. The van der Waals surface area contributed by atoms with E-state index in [-0.39, 0.29) is 5.91 Å². The Kier molecular flexibility index (Phi) is 6.32. The summed E-state index contributed by atoms with van der Waals surface area (Å²) in [4.78, 5) is 28.8. The van der Waals surface area contributed by atoms with Crippen LogP contribution in [0.5, 0.6) is 0 Å². The van der Waals surface area contributed by atoms with E-state index in [2.05, 4.69) is 11.3 Å². The van der Waals surface area contributed by atoms with Gasteiger partial charge in [0.05, 0.1) is 15.6 Å². The Balaban J connectivity index is 1.29. The van der Waals surface area contributed by atoms with E-state index in [1.807, 2.05) is 23.1 Å². The van der Waals surface area contributed by atoms with Gasteiger partial charge in [0, 0.05) is 31.7 Å². The van der Waals surface area contributed by atoms with Crippen LogP contribution in [-0.4, -0.2) is 54.3 Å². The highest BCUT2D eigenvalue weighted by molar-refractivity contribution is 6.39. The first-order valence-corrected chi connectivity index (χ1v) is 10.9. The largest absolute Gasteiger partial charge is 0.366 e. The van der Waals surface area contributed by atoms with Crippen LogP contribution in [0.2, 0.25) is 10.0 Å². The van der Waals surface area contributed by atoms with Gasteiger partial charge >= 0.3 is 0 Å². The summed E-state index contributed by atoms with van der Waals surface area (Å²) in [5, 5.41) is 0.802. The molecule has 4 rings (SSSR count). The summed E-state index contributed by atoms with van der Waals surface area (Å²) in [6, 6.07) is 12.6. The molecule has 2 heterocycles. The molecule has 0 spiro atoms. The zero-order valence-electron chi connectivity index (χ0n) is 16.6. The number of amides is 2. The van der Waals surface area contributed by atoms with Crippen LogP contribution in [0.4, 0.5) is 0 Å². The molecule has 2 aliphatic heterocycles. The highest BCUT2D eigenvalue weighted by Crippen LogP contribution is 2.34. The molecule has 2 fully saturated rings. The number of likely N-dealkylation sites (tertiary alicyclic amines) is 2. The molecule has 157 valence electrons. The van der Waals surface area contributed by atoms with E-state index in [9.17, 15) is 9.59 Å². The van der Waals surface area contributed by atoms with Gasteiger partial charge in [-0.2, -0.15) is 0 Å². The quantitative estimate of drug-likeness (QED) is 0.737. The normalized spacial score (nSPS) is 21.1. The monoisotopic (exact) mass is 444 g/mol. The first-order valence-electron chi connectivity index (χ1n) is 10.1. The average Bonchev–Trinajstić information content (AvgIpc) is 3.27. The molecule has 7 heteroatoms. The maximum atomic E-state index is 12.9. The minimum absolute atomic E-state index is 0.0806. The van der Waals surface area contributed by atoms with E-state index in [1.54, 1.807) is 24.3 Å². The smallest absolute Gasteiger partial charge is 0.256 e. The molecule has 30 heavy (non-hydrogen) atoms.